The van der Waals surface area contributed by atoms with E-state index in [0.717, 1.165) is 15.5 Å². The van der Waals surface area contributed by atoms with Crippen molar-refractivity contribution in [3.63, 3.8) is 0 Å². The maximum absolute atomic E-state index is 12.3. The normalized spacial score (nSPS) is 10.6. The fourth-order valence-corrected chi connectivity index (χ4v) is 3.83. The summed E-state index contributed by atoms with van der Waals surface area (Å²) in [5.74, 6) is 0.516. The van der Waals surface area contributed by atoms with Crippen LogP contribution in [0.4, 0.5) is 17.3 Å². The first-order valence-electron chi connectivity index (χ1n) is 7.85. The average Bonchev–Trinajstić information content (AvgIpc) is 2.63. The van der Waals surface area contributed by atoms with Gasteiger partial charge in [-0.2, -0.15) is 0 Å². The minimum atomic E-state index is -0.172. The highest BCUT2D eigenvalue weighted by Gasteiger charge is 2.10. The summed E-state index contributed by atoms with van der Waals surface area (Å²) in [4.78, 5) is 22.4. The number of amides is 1. The number of halogens is 1. The van der Waals surface area contributed by atoms with Crippen LogP contribution in [0.25, 0.3) is 0 Å². The van der Waals surface area contributed by atoms with E-state index in [0.29, 0.717) is 10.2 Å². The van der Waals surface area contributed by atoms with Crippen LogP contribution in [-0.4, -0.2) is 21.6 Å². The first-order chi connectivity index (χ1) is 13.0. The van der Waals surface area contributed by atoms with Gasteiger partial charge >= 0.3 is 0 Å². The number of nitrogens with one attached hydrogen (secondary N) is 1. The molecule has 1 amide bonds. The first-order valence-corrected chi connectivity index (χ1v) is 10.0. The molecule has 2 aromatic carbocycles. The molecule has 5 N–H and O–H groups in total. The van der Waals surface area contributed by atoms with Crippen LogP contribution in [0.5, 0.6) is 0 Å². The molecule has 0 spiro atoms. The number of nitrogen functional groups attached to an aromatic ring is 2. The highest BCUT2D eigenvalue weighted by atomic mass is 35.5. The quantitative estimate of drug-likeness (QED) is 0.408. The number of hydrogen-bond donors (Lipinski definition) is 3. The van der Waals surface area contributed by atoms with Gasteiger partial charge in [-0.3, -0.25) is 4.79 Å². The van der Waals surface area contributed by atoms with E-state index in [9.17, 15) is 4.79 Å². The van der Waals surface area contributed by atoms with Crippen LogP contribution in [-0.2, 0) is 4.79 Å². The molecule has 0 saturated heterocycles. The third kappa shape index (κ3) is 5.78. The Labute approximate surface area is 170 Å². The molecular formula is C18H16ClN5OS2. The Kier molecular flexibility index (Phi) is 6.44. The van der Waals surface area contributed by atoms with E-state index in [4.69, 9.17) is 23.1 Å². The molecule has 1 heterocycles. The molecule has 1 aromatic heterocycles. The van der Waals surface area contributed by atoms with Crippen LogP contribution in [0, 0.1) is 0 Å². The molecule has 3 aromatic rings. The predicted octanol–water partition coefficient (Wildman–Crippen LogP) is 4.18. The lowest BCUT2D eigenvalue weighted by molar-refractivity contribution is -0.113. The SMILES string of the molecule is Nc1cc(N)nc(SCC(=O)Nc2ccccc2Sc2ccc(Cl)cc2)n1. The molecule has 6 nitrogen and oxygen atoms in total. The van der Waals surface area contributed by atoms with Gasteiger partial charge in [-0.05, 0) is 36.4 Å². The third-order valence-electron chi connectivity index (χ3n) is 3.28. The molecule has 0 radical (unpaired) electrons. The van der Waals surface area contributed by atoms with Gasteiger partial charge in [0.2, 0.25) is 5.91 Å². The minimum absolute atomic E-state index is 0.142. The van der Waals surface area contributed by atoms with E-state index < -0.39 is 0 Å². The summed E-state index contributed by atoms with van der Waals surface area (Å²) in [5.41, 5.74) is 12.0. The van der Waals surface area contributed by atoms with Gasteiger partial charge in [0.1, 0.15) is 11.6 Å². The zero-order valence-electron chi connectivity index (χ0n) is 14.1. The first kappa shape index (κ1) is 19.3. The number of anilines is 3. The van der Waals surface area contributed by atoms with E-state index in [2.05, 4.69) is 15.3 Å². The summed E-state index contributed by atoms with van der Waals surface area (Å²) in [5, 5.41) is 3.97. The van der Waals surface area contributed by atoms with Crippen molar-refractivity contribution in [3.8, 4) is 0 Å². The number of nitrogens with two attached hydrogens (primary N) is 2. The summed E-state index contributed by atoms with van der Waals surface area (Å²) in [6, 6.07) is 16.6. The van der Waals surface area contributed by atoms with E-state index >= 15 is 0 Å². The van der Waals surface area contributed by atoms with E-state index in [1.165, 1.54) is 17.8 Å². The number of carbonyl (C=O) groups excluding carboxylic acids is 1. The van der Waals surface area contributed by atoms with Crippen LogP contribution < -0.4 is 16.8 Å². The van der Waals surface area contributed by atoms with Crippen molar-refractivity contribution in [2.24, 2.45) is 0 Å². The molecule has 0 aliphatic carbocycles. The van der Waals surface area contributed by atoms with Crippen LogP contribution in [0.15, 0.2) is 69.5 Å². The zero-order valence-corrected chi connectivity index (χ0v) is 16.4. The van der Waals surface area contributed by atoms with Crippen LogP contribution >= 0.6 is 35.1 Å². The highest BCUT2D eigenvalue weighted by Crippen LogP contribution is 2.34. The van der Waals surface area contributed by atoms with E-state index in [-0.39, 0.29) is 23.3 Å². The van der Waals surface area contributed by atoms with Crippen molar-refractivity contribution in [2.45, 2.75) is 14.9 Å². The number of rotatable bonds is 6. The second kappa shape index (κ2) is 8.98. The second-order valence-electron chi connectivity index (χ2n) is 5.39. The second-order valence-corrected chi connectivity index (χ2v) is 7.88. The number of para-hydroxylation sites is 1. The summed E-state index contributed by atoms with van der Waals surface area (Å²) < 4.78 is 0. The molecular weight excluding hydrogens is 402 g/mol. The van der Waals surface area contributed by atoms with Crippen molar-refractivity contribution < 1.29 is 4.79 Å². The molecule has 0 unspecified atom stereocenters. The van der Waals surface area contributed by atoms with Gasteiger partial charge in [0.25, 0.3) is 0 Å². The molecule has 0 atom stereocenters. The lowest BCUT2D eigenvalue weighted by atomic mass is 10.3. The summed E-state index contributed by atoms with van der Waals surface area (Å²) in [7, 11) is 0. The topological polar surface area (TPSA) is 107 Å². The lowest BCUT2D eigenvalue weighted by Gasteiger charge is -2.10. The number of nitrogens with zero attached hydrogens (tertiary/aromatic N) is 2. The minimum Gasteiger partial charge on any atom is -0.383 e. The van der Waals surface area contributed by atoms with Gasteiger partial charge in [0.15, 0.2) is 5.16 Å². The van der Waals surface area contributed by atoms with Crippen molar-refractivity contribution in [1.29, 1.82) is 0 Å². The standard InChI is InChI=1S/C18H16ClN5OS2/c19-11-5-7-12(8-6-11)27-14-4-2-1-3-13(14)22-17(25)10-26-18-23-15(20)9-16(21)24-18/h1-9H,10H2,(H,22,25)(H4,20,21,23,24). The smallest absolute Gasteiger partial charge is 0.234 e. The molecule has 138 valence electrons. The summed E-state index contributed by atoms with van der Waals surface area (Å²) in [6.45, 7) is 0. The van der Waals surface area contributed by atoms with Gasteiger partial charge in [0.05, 0.1) is 11.4 Å². The largest absolute Gasteiger partial charge is 0.383 e. The van der Waals surface area contributed by atoms with Gasteiger partial charge in [0, 0.05) is 20.9 Å². The summed E-state index contributed by atoms with van der Waals surface area (Å²) >= 11 is 8.64. The molecule has 0 aliphatic rings. The maximum Gasteiger partial charge on any atom is 0.234 e. The number of thioether (sulfide) groups is 1. The fourth-order valence-electron chi connectivity index (χ4n) is 2.13. The van der Waals surface area contributed by atoms with Gasteiger partial charge in [-0.25, -0.2) is 9.97 Å². The Hall–Kier alpha value is -2.42. The monoisotopic (exact) mass is 417 g/mol. The maximum atomic E-state index is 12.3. The number of carbonyl (C=O) groups is 1. The summed E-state index contributed by atoms with van der Waals surface area (Å²) in [6.07, 6.45) is 0. The number of aromatic nitrogens is 2. The molecule has 0 aliphatic heterocycles. The lowest BCUT2D eigenvalue weighted by Crippen LogP contribution is -2.15. The number of hydrogen-bond acceptors (Lipinski definition) is 7. The van der Waals surface area contributed by atoms with Crippen molar-refractivity contribution >= 4 is 58.4 Å². The van der Waals surface area contributed by atoms with Crippen molar-refractivity contribution in [3.05, 3.63) is 59.6 Å². The fraction of sp³-hybridized carbons (Fsp3) is 0.0556. The van der Waals surface area contributed by atoms with Crippen molar-refractivity contribution in [1.82, 2.24) is 9.97 Å². The Morgan fingerprint density at radius 1 is 1.04 bits per heavy atom. The average molecular weight is 418 g/mol. The van der Waals surface area contributed by atoms with Gasteiger partial charge in [-0.15, -0.1) is 0 Å². The Balaban J connectivity index is 1.64. The van der Waals surface area contributed by atoms with Crippen LogP contribution in [0.3, 0.4) is 0 Å². The number of benzene rings is 2. The van der Waals surface area contributed by atoms with E-state index in [1.54, 1.807) is 11.8 Å². The molecule has 0 fully saturated rings. The highest BCUT2D eigenvalue weighted by molar-refractivity contribution is 8.00. The van der Waals surface area contributed by atoms with Gasteiger partial charge in [-0.1, -0.05) is 47.3 Å². The Morgan fingerprint density at radius 2 is 1.70 bits per heavy atom. The Morgan fingerprint density at radius 3 is 2.41 bits per heavy atom. The predicted molar refractivity (Wildman–Crippen MR) is 112 cm³/mol. The zero-order chi connectivity index (χ0) is 19.2. The molecule has 27 heavy (non-hydrogen) atoms. The molecule has 0 saturated carbocycles. The Bertz CT molecular complexity index is 932. The molecule has 0 bridgehead atoms. The van der Waals surface area contributed by atoms with Crippen molar-refractivity contribution in [2.75, 3.05) is 22.5 Å². The van der Waals surface area contributed by atoms with E-state index in [1.807, 2.05) is 48.5 Å². The molecule has 9 heteroatoms. The third-order valence-corrected chi connectivity index (χ3v) is 5.46. The molecule has 3 rings (SSSR count). The van der Waals surface area contributed by atoms with Crippen LogP contribution in [0.1, 0.15) is 0 Å². The van der Waals surface area contributed by atoms with Crippen LogP contribution in [0.2, 0.25) is 5.02 Å². The van der Waals surface area contributed by atoms with Gasteiger partial charge < -0.3 is 16.8 Å².